The van der Waals surface area contributed by atoms with Gasteiger partial charge in [0, 0.05) is 19.3 Å². The molecule has 0 bridgehead atoms. The number of methoxy groups -OCH3 is 1. The maximum Gasteiger partial charge on any atom is 0.309 e. The van der Waals surface area contributed by atoms with E-state index in [1.54, 1.807) is 0 Å². The van der Waals surface area contributed by atoms with E-state index in [0.29, 0.717) is 19.4 Å². The minimum Gasteiger partial charge on any atom is -0.469 e. The van der Waals surface area contributed by atoms with E-state index in [9.17, 15) is 13.2 Å². The van der Waals surface area contributed by atoms with Gasteiger partial charge in [-0.2, -0.15) is 4.31 Å². The molecule has 0 aromatic carbocycles. The average Bonchev–Trinajstić information content (AvgIpc) is 2.47. The number of pyridine rings is 1. The Balaban J connectivity index is 2.21. The lowest BCUT2D eigenvalue weighted by atomic mass is 10.0. The van der Waals surface area contributed by atoms with Crippen LogP contribution in [0.15, 0.2) is 23.2 Å². The van der Waals surface area contributed by atoms with Gasteiger partial charge in [-0.15, -0.1) is 0 Å². The van der Waals surface area contributed by atoms with Crippen LogP contribution in [0.4, 0.5) is 5.82 Å². The zero-order chi connectivity index (χ0) is 14.8. The molecule has 0 aliphatic carbocycles. The van der Waals surface area contributed by atoms with Gasteiger partial charge in [0.2, 0.25) is 10.0 Å². The lowest BCUT2D eigenvalue weighted by Gasteiger charge is -2.30. The van der Waals surface area contributed by atoms with E-state index in [1.807, 2.05) is 0 Å². The highest BCUT2D eigenvalue weighted by molar-refractivity contribution is 7.89. The molecule has 1 unspecified atom stereocenters. The van der Waals surface area contributed by atoms with Crippen LogP contribution in [-0.2, 0) is 19.6 Å². The normalized spacial score (nSPS) is 20.6. The first-order chi connectivity index (χ1) is 9.45. The monoisotopic (exact) mass is 299 g/mol. The molecule has 1 aromatic heterocycles. The van der Waals surface area contributed by atoms with Crippen molar-refractivity contribution in [3.05, 3.63) is 18.3 Å². The summed E-state index contributed by atoms with van der Waals surface area (Å²) in [4.78, 5) is 15.4. The number of anilines is 1. The Morgan fingerprint density at radius 3 is 2.85 bits per heavy atom. The summed E-state index contributed by atoms with van der Waals surface area (Å²) in [7, 11) is -2.34. The molecule has 0 saturated carbocycles. The van der Waals surface area contributed by atoms with Crippen LogP contribution in [0.1, 0.15) is 12.8 Å². The first-order valence-electron chi connectivity index (χ1n) is 6.24. The van der Waals surface area contributed by atoms with E-state index in [1.165, 1.54) is 29.7 Å². The van der Waals surface area contributed by atoms with Crippen molar-refractivity contribution in [2.24, 2.45) is 5.92 Å². The smallest absolute Gasteiger partial charge is 0.309 e. The summed E-state index contributed by atoms with van der Waals surface area (Å²) in [5.41, 5.74) is 5.45. The van der Waals surface area contributed by atoms with Crippen molar-refractivity contribution in [1.82, 2.24) is 9.29 Å². The molecule has 1 atom stereocenters. The number of esters is 1. The third-order valence-electron chi connectivity index (χ3n) is 3.32. The van der Waals surface area contributed by atoms with E-state index in [0.717, 1.165) is 0 Å². The Labute approximate surface area is 117 Å². The van der Waals surface area contributed by atoms with Crippen LogP contribution < -0.4 is 5.73 Å². The Bertz CT molecular complexity index is 585. The van der Waals surface area contributed by atoms with Crippen molar-refractivity contribution in [2.75, 3.05) is 25.9 Å². The van der Waals surface area contributed by atoms with Crippen LogP contribution in [0.25, 0.3) is 0 Å². The number of rotatable bonds is 3. The molecule has 20 heavy (non-hydrogen) atoms. The first kappa shape index (κ1) is 14.7. The second kappa shape index (κ2) is 5.76. The van der Waals surface area contributed by atoms with Crippen LogP contribution in [0.5, 0.6) is 0 Å². The largest absolute Gasteiger partial charge is 0.469 e. The molecule has 1 aliphatic rings. The van der Waals surface area contributed by atoms with E-state index >= 15 is 0 Å². The standard InChI is InChI=1S/C12H17N3O4S/c1-19-12(16)9-3-2-6-15(8-9)20(17,18)10-4-5-11(13)14-7-10/h4-5,7,9H,2-3,6,8H2,1H3,(H2,13,14). The number of sulfonamides is 1. The molecule has 8 heteroatoms. The Kier molecular flexibility index (Phi) is 4.24. The number of nitrogen functional groups attached to an aromatic ring is 1. The minimum absolute atomic E-state index is 0.0808. The molecular weight excluding hydrogens is 282 g/mol. The molecule has 7 nitrogen and oxygen atoms in total. The summed E-state index contributed by atoms with van der Waals surface area (Å²) in [5.74, 6) is -0.527. The van der Waals surface area contributed by atoms with Crippen LogP contribution in [-0.4, -0.2) is 43.9 Å². The number of hydrogen-bond acceptors (Lipinski definition) is 6. The number of carbonyl (C=O) groups is 1. The highest BCUT2D eigenvalue weighted by atomic mass is 32.2. The minimum atomic E-state index is -3.65. The van der Waals surface area contributed by atoms with Gasteiger partial charge in [0.1, 0.15) is 10.7 Å². The fourth-order valence-corrected chi connectivity index (χ4v) is 3.68. The van der Waals surface area contributed by atoms with E-state index < -0.39 is 15.9 Å². The predicted molar refractivity (Wildman–Crippen MR) is 72.1 cm³/mol. The Morgan fingerprint density at radius 1 is 1.50 bits per heavy atom. The van der Waals surface area contributed by atoms with Gasteiger partial charge in [0.15, 0.2) is 0 Å². The van der Waals surface area contributed by atoms with Gasteiger partial charge in [-0.3, -0.25) is 4.79 Å². The number of ether oxygens (including phenoxy) is 1. The maximum absolute atomic E-state index is 12.4. The van der Waals surface area contributed by atoms with Crippen LogP contribution in [0.2, 0.25) is 0 Å². The van der Waals surface area contributed by atoms with E-state index in [4.69, 9.17) is 5.73 Å². The van der Waals surface area contributed by atoms with E-state index in [-0.39, 0.29) is 23.2 Å². The zero-order valence-electron chi connectivity index (χ0n) is 11.2. The lowest BCUT2D eigenvalue weighted by molar-refractivity contribution is -0.146. The molecular formula is C12H17N3O4S. The van der Waals surface area contributed by atoms with Crippen LogP contribution >= 0.6 is 0 Å². The summed E-state index contributed by atoms with van der Waals surface area (Å²) in [5, 5.41) is 0. The first-order valence-corrected chi connectivity index (χ1v) is 7.68. The van der Waals surface area contributed by atoms with Gasteiger partial charge in [-0.25, -0.2) is 13.4 Å². The molecule has 1 saturated heterocycles. The van der Waals surface area contributed by atoms with Crippen molar-refractivity contribution in [1.29, 1.82) is 0 Å². The number of hydrogen-bond donors (Lipinski definition) is 1. The highest BCUT2D eigenvalue weighted by Gasteiger charge is 2.33. The molecule has 0 amide bonds. The van der Waals surface area contributed by atoms with E-state index in [2.05, 4.69) is 9.72 Å². The summed E-state index contributed by atoms with van der Waals surface area (Å²) >= 11 is 0. The predicted octanol–water partition coefficient (Wildman–Crippen LogP) is 0.238. The number of nitrogens with two attached hydrogens (primary N) is 1. The molecule has 1 fully saturated rings. The van der Waals surface area contributed by atoms with Crippen molar-refractivity contribution in [2.45, 2.75) is 17.7 Å². The van der Waals surface area contributed by atoms with Crippen molar-refractivity contribution in [3.8, 4) is 0 Å². The van der Waals surface area contributed by atoms with Gasteiger partial charge in [-0.1, -0.05) is 0 Å². The number of nitrogens with zero attached hydrogens (tertiary/aromatic N) is 2. The molecule has 2 heterocycles. The van der Waals surface area contributed by atoms with Gasteiger partial charge in [0.25, 0.3) is 0 Å². The quantitative estimate of drug-likeness (QED) is 0.802. The fourth-order valence-electron chi connectivity index (χ4n) is 2.21. The molecule has 110 valence electrons. The number of carbonyl (C=O) groups excluding carboxylic acids is 1. The molecule has 1 aliphatic heterocycles. The van der Waals surface area contributed by atoms with Crippen molar-refractivity contribution >= 4 is 21.8 Å². The molecule has 2 N–H and O–H groups in total. The second-order valence-corrected chi connectivity index (χ2v) is 6.58. The Hall–Kier alpha value is -1.67. The van der Waals surface area contributed by atoms with Gasteiger partial charge in [-0.05, 0) is 25.0 Å². The SMILES string of the molecule is COC(=O)C1CCCN(S(=O)(=O)c2ccc(N)nc2)C1. The molecule has 0 radical (unpaired) electrons. The molecule has 2 rings (SSSR count). The topological polar surface area (TPSA) is 103 Å². The van der Waals surface area contributed by atoms with Crippen LogP contribution in [0.3, 0.4) is 0 Å². The van der Waals surface area contributed by atoms with Crippen LogP contribution in [0, 0.1) is 5.92 Å². The zero-order valence-corrected chi connectivity index (χ0v) is 12.0. The average molecular weight is 299 g/mol. The summed E-state index contributed by atoms with van der Waals surface area (Å²) in [6, 6.07) is 2.86. The Morgan fingerprint density at radius 2 is 2.25 bits per heavy atom. The van der Waals surface area contributed by atoms with Crippen molar-refractivity contribution in [3.63, 3.8) is 0 Å². The third-order valence-corrected chi connectivity index (χ3v) is 5.16. The van der Waals surface area contributed by atoms with Gasteiger partial charge < -0.3 is 10.5 Å². The third kappa shape index (κ3) is 2.91. The summed E-state index contributed by atoms with van der Waals surface area (Å²) in [6.07, 6.45) is 2.49. The summed E-state index contributed by atoms with van der Waals surface area (Å²) < 4.78 is 30.9. The molecule has 0 spiro atoms. The summed E-state index contributed by atoms with van der Waals surface area (Å²) in [6.45, 7) is 0.527. The maximum atomic E-state index is 12.4. The molecule has 1 aromatic rings. The number of aromatic nitrogens is 1. The number of piperidine rings is 1. The van der Waals surface area contributed by atoms with Gasteiger partial charge >= 0.3 is 5.97 Å². The van der Waals surface area contributed by atoms with Crippen molar-refractivity contribution < 1.29 is 17.9 Å². The highest BCUT2D eigenvalue weighted by Crippen LogP contribution is 2.24. The fraction of sp³-hybridized carbons (Fsp3) is 0.500. The second-order valence-electron chi connectivity index (χ2n) is 4.64. The van der Waals surface area contributed by atoms with Gasteiger partial charge in [0.05, 0.1) is 13.0 Å². The lowest BCUT2D eigenvalue weighted by Crippen LogP contribution is -2.42.